The second-order valence-corrected chi connectivity index (χ2v) is 6.39. The Morgan fingerprint density at radius 3 is 2.10 bits per heavy atom. The molecule has 0 aliphatic carbocycles. The standard InChI is InChI=1S/C21H25N3O5/c1-4-28-17-7-5-6-8-18(17)29-13-19(25)23-24-21(27)15-9-11-16(12-10-15)22-20(26)14(2)3/h5-12,14H,4,13H2,1-3H3,(H,22,26)(H,23,25)(H,24,27). The van der Waals surface area contributed by atoms with Gasteiger partial charge in [0, 0.05) is 17.2 Å². The van der Waals surface area contributed by atoms with Crippen molar-refractivity contribution in [3.8, 4) is 11.5 Å². The predicted molar refractivity (Wildman–Crippen MR) is 109 cm³/mol. The van der Waals surface area contributed by atoms with E-state index in [1.165, 1.54) is 0 Å². The molecule has 0 spiro atoms. The molecule has 2 aromatic rings. The molecule has 29 heavy (non-hydrogen) atoms. The highest BCUT2D eigenvalue weighted by Crippen LogP contribution is 2.26. The maximum atomic E-state index is 12.1. The maximum absolute atomic E-state index is 12.1. The van der Waals surface area contributed by atoms with E-state index in [2.05, 4.69) is 16.2 Å². The lowest BCUT2D eigenvalue weighted by molar-refractivity contribution is -0.124. The SMILES string of the molecule is CCOc1ccccc1OCC(=O)NNC(=O)c1ccc(NC(=O)C(C)C)cc1. The van der Waals surface area contributed by atoms with Crippen LogP contribution in [0.5, 0.6) is 11.5 Å². The lowest BCUT2D eigenvalue weighted by Crippen LogP contribution is -2.43. The summed E-state index contributed by atoms with van der Waals surface area (Å²) < 4.78 is 10.9. The molecule has 0 aliphatic rings. The van der Waals surface area contributed by atoms with Crippen LogP contribution in [0.2, 0.25) is 0 Å². The molecule has 8 nitrogen and oxygen atoms in total. The number of hydrogen-bond donors (Lipinski definition) is 3. The molecule has 0 aliphatic heterocycles. The topological polar surface area (TPSA) is 106 Å². The summed E-state index contributed by atoms with van der Waals surface area (Å²) in [5, 5.41) is 2.74. The van der Waals surface area contributed by atoms with Crippen LogP contribution < -0.4 is 25.6 Å². The van der Waals surface area contributed by atoms with Crippen LogP contribution in [-0.4, -0.2) is 30.9 Å². The van der Waals surface area contributed by atoms with Gasteiger partial charge in [-0.25, -0.2) is 0 Å². The summed E-state index contributed by atoms with van der Waals surface area (Å²) in [4.78, 5) is 35.7. The first-order chi connectivity index (χ1) is 13.9. The van der Waals surface area contributed by atoms with Crippen LogP contribution in [0.3, 0.4) is 0 Å². The van der Waals surface area contributed by atoms with Crippen molar-refractivity contribution in [2.75, 3.05) is 18.5 Å². The quantitative estimate of drug-likeness (QED) is 0.592. The van der Waals surface area contributed by atoms with E-state index in [1.54, 1.807) is 62.4 Å². The molecule has 0 radical (unpaired) electrons. The fourth-order valence-electron chi connectivity index (χ4n) is 2.21. The van der Waals surface area contributed by atoms with Crippen LogP contribution in [0.1, 0.15) is 31.1 Å². The van der Waals surface area contributed by atoms with Crippen LogP contribution in [0.25, 0.3) is 0 Å². The molecule has 3 amide bonds. The first-order valence-corrected chi connectivity index (χ1v) is 9.25. The van der Waals surface area contributed by atoms with E-state index < -0.39 is 11.8 Å². The van der Waals surface area contributed by atoms with Crippen molar-refractivity contribution in [2.45, 2.75) is 20.8 Å². The molecule has 0 fully saturated rings. The number of ether oxygens (including phenoxy) is 2. The van der Waals surface area contributed by atoms with Crippen molar-refractivity contribution in [1.82, 2.24) is 10.9 Å². The molecule has 0 aromatic heterocycles. The molecule has 3 N–H and O–H groups in total. The third-order valence-corrected chi connectivity index (χ3v) is 3.76. The van der Waals surface area contributed by atoms with Gasteiger partial charge >= 0.3 is 0 Å². The fourth-order valence-corrected chi connectivity index (χ4v) is 2.21. The smallest absolute Gasteiger partial charge is 0.276 e. The minimum atomic E-state index is -0.523. The normalized spacial score (nSPS) is 10.2. The Kier molecular flexibility index (Phi) is 8.02. The number of carbonyl (C=O) groups is 3. The average Bonchev–Trinajstić information content (AvgIpc) is 2.72. The fraction of sp³-hybridized carbons (Fsp3) is 0.286. The van der Waals surface area contributed by atoms with E-state index in [0.717, 1.165) is 0 Å². The molecule has 0 atom stereocenters. The van der Waals surface area contributed by atoms with E-state index in [9.17, 15) is 14.4 Å². The number of benzene rings is 2. The predicted octanol–water partition coefficient (Wildman–Crippen LogP) is 2.52. The van der Waals surface area contributed by atoms with E-state index in [0.29, 0.717) is 29.4 Å². The van der Waals surface area contributed by atoms with Gasteiger partial charge < -0.3 is 14.8 Å². The Bertz CT molecular complexity index is 850. The Hall–Kier alpha value is -3.55. The number of carbonyl (C=O) groups excluding carboxylic acids is 3. The number of hydrogen-bond acceptors (Lipinski definition) is 5. The summed E-state index contributed by atoms with van der Waals surface area (Å²) >= 11 is 0. The van der Waals surface area contributed by atoms with Crippen LogP contribution >= 0.6 is 0 Å². The summed E-state index contributed by atoms with van der Waals surface area (Å²) in [6.45, 7) is 5.62. The third kappa shape index (κ3) is 6.84. The monoisotopic (exact) mass is 399 g/mol. The van der Waals surface area contributed by atoms with Crippen molar-refractivity contribution in [2.24, 2.45) is 5.92 Å². The summed E-state index contributed by atoms with van der Waals surface area (Å²) in [6.07, 6.45) is 0. The second kappa shape index (κ2) is 10.7. The van der Waals surface area contributed by atoms with Gasteiger partial charge in [0.25, 0.3) is 11.8 Å². The van der Waals surface area contributed by atoms with Gasteiger partial charge in [-0.2, -0.15) is 0 Å². The minimum absolute atomic E-state index is 0.111. The first kappa shape index (κ1) is 21.7. The minimum Gasteiger partial charge on any atom is -0.490 e. The van der Waals surface area contributed by atoms with Crippen molar-refractivity contribution in [3.05, 3.63) is 54.1 Å². The Balaban J connectivity index is 1.81. The highest BCUT2D eigenvalue weighted by Gasteiger charge is 2.11. The number of para-hydroxylation sites is 2. The Morgan fingerprint density at radius 2 is 1.52 bits per heavy atom. The molecule has 154 valence electrons. The van der Waals surface area contributed by atoms with Crippen molar-refractivity contribution in [1.29, 1.82) is 0 Å². The van der Waals surface area contributed by atoms with Gasteiger partial charge in [-0.05, 0) is 43.3 Å². The summed E-state index contributed by atoms with van der Waals surface area (Å²) in [5.41, 5.74) is 5.52. The van der Waals surface area contributed by atoms with E-state index in [4.69, 9.17) is 9.47 Å². The molecular weight excluding hydrogens is 374 g/mol. The van der Waals surface area contributed by atoms with Crippen LogP contribution in [-0.2, 0) is 9.59 Å². The van der Waals surface area contributed by atoms with E-state index in [1.807, 2.05) is 6.92 Å². The summed E-state index contributed by atoms with van der Waals surface area (Å²) in [5.74, 6) is -0.289. The zero-order valence-electron chi connectivity index (χ0n) is 16.7. The lowest BCUT2D eigenvalue weighted by atomic mass is 10.1. The Labute approximate surface area is 169 Å². The van der Waals surface area contributed by atoms with E-state index >= 15 is 0 Å². The van der Waals surface area contributed by atoms with Gasteiger partial charge in [0.1, 0.15) is 0 Å². The molecule has 0 heterocycles. The van der Waals surface area contributed by atoms with Gasteiger partial charge in [-0.3, -0.25) is 25.2 Å². The van der Waals surface area contributed by atoms with Gasteiger partial charge in [0.05, 0.1) is 6.61 Å². The zero-order chi connectivity index (χ0) is 21.2. The van der Waals surface area contributed by atoms with Crippen LogP contribution in [0.15, 0.2) is 48.5 Å². The molecule has 2 rings (SSSR count). The second-order valence-electron chi connectivity index (χ2n) is 6.39. The zero-order valence-corrected chi connectivity index (χ0v) is 16.7. The van der Waals surface area contributed by atoms with Crippen LogP contribution in [0.4, 0.5) is 5.69 Å². The molecule has 0 bridgehead atoms. The molecule has 8 heteroatoms. The van der Waals surface area contributed by atoms with Gasteiger partial charge in [0.2, 0.25) is 5.91 Å². The molecule has 0 unspecified atom stereocenters. The van der Waals surface area contributed by atoms with Crippen molar-refractivity contribution < 1.29 is 23.9 Å². The highest BCUT2D eigenvalue weighted by molar-refractivity contribution is 5.97. The molecule has 0 saturated carbocycles. The largest absolute Gasteiger partial charge is 0.490 e. The highest BCUT2D eigenvalue weighted by atomic mass is 16.5. The molecular formula is C21H25N3O5. The average molecular weight is 399 g/mol. The third-order valence-electron chi connectivity index (χ3n) is 3.76. The number of hydrazine groups is 1. The Morgan fingerprint density at radius 1 is 0.897 bits per heavy atom. The molecule has 2 aromatic carbocycles. The van der Waals surface area contributed by atoms with Gasteiger partial charge in [0.15, 0.2) is 18.1 Å². The molecule has 0 saturated heterocycles. The maximum Gasteiger partial charge on any atom is 0.276 e. The first-order valence-electron chi connectivity index (χ1n) is 9.25. The number of rotatable bonds is 8. The van der Waals surface area contributed by atoms with Crippen molar-refractivity contribution >= 4 is 23.4 Å². The van der Waals surface area contributed by atoms with E-state index in [-0.39, 0.29) is 18.4 Å². The summed E-state index contributed by atoms with van der Waals surface area (Å²) in [6, 6.07) is 13.3. The van der Waals surface area contributed by atoms with Crippen LogP contribution in [0, 0.1) is 5.92 Å². The number of nitrogens with one attached hydrogen (secondary N) is 3. The van der Waals surface area contributed by atoms with Gasteiger partial charge in [-0.1, -0.05) is 26.0 Å². The van der Waals surface area contributed by atoms with Crippen molar-refractivity contribution in [3.63, 3.8) is 0 Å². The number of amides is 3. The number of anilines is 1. The van der Waals surface area contributed by atoms with Gasteiger partial charge in [-0.15, -0.1) is 0 Å². The lowest BCUT2D eigenvalue weighted by Gasteiger charge is -2.12. The summed E-state index contributed by atoms with van der Waals surface area (Å²) in [7, 11) is 0.